The maximum Gasteiger partial charge on any atom is 0.329 e. The first-order valence-electron chi connectivity index (χ1n) is 9.09. The third-order valence-electron chi connectivity index (χ3n) is 3.93. The molecule has 0 bridgehead atoms. The number of nitrogens with one attached hydrogen (secondary N) is 3. The fourth-order valence-corrected chi connectivity index (χ4v) is 2.45. The number of nitro benzene ring substituents is 1. The minimum absolute atomic E-state index is 0.182. The first kappa shape index (κ1) is 22.3. The zero-order valence-corrected chi connectivity index (χ0v) is 16.5. The van der Waals surface area contributed by atoms with Crippen LogP contribution in [0, 0.1) is 16.0 Å². The molecule has 0 saturated carbocycles. The van der Waals surface area contributed by atoms with Crippen LogP contribution in [-0.4, -0.2) is 35.5 Å². The number of nitro groups is 1. The lowest BCUT2D eigenvalue weighted by Gasteiger charge is -2.21. The summed E-state index contributed by atoms with van der Waals surface area (Å²) in [5.41, 5.74) is 0.575. The van der Waals surface area contributed by atoms with Gasteiger partial charge in [0.25, 0.3) is 11.6 Å². The van der Waals surface area contributed by atoms with Gasteiger partial charge in [0.1, 0.15) is 6.04 Å². The molecule has 0 heterocycles. The molecule has 2 rings (SSSR count). The number of hydrogen-bond donors (Lipinski definition) is 3. The summed E-state index contributed by atoms with van der Waals surface area (Å²) in [5.74, 6) is -1.73. The van der Waals surface area contributed by atoms with Gasteiger partial charge in [-0.25, -0.2) is 9.59 Å². The number of carbonyl (C=O) groups is 3. The van der Waals surface area contributed by atoms with E-state index >= 15 is 0 Å². The van der Waals surface area contributed by atoms with Crippen LogP contribution in [0.4, 0.5) is 21.9 Å². The van der Waals surface area contributed by atoms with E-state index in [1.54, 1.807) is 44.2 Å². The lowest BCUT2D eigenvalue weighted by Crippen LogP contribution is -2.47. The number of nitrogens with zero attached hydrogens (tertiary/aromatic N) is 1. The molecule has 10 heteroatoms. The third kappa shape index (κ3) is 6.89. The molecule has 2 aromatic carbocycles. The van der Waals surface area contributed by atoms with Crippen LogP contribution >= 0.6 is 0 Å². The highest BCUT2D eigenvalue weighted by Crippen LogP contribution is 2.17. The lowest BCUT2D eigenvalue weighted by molar-refractivity contribution is -0.384. The maximum atomic E-state index is 12.3. The van der Waals surface area contributed by atoms with Gasteiger partial charge in [0.15, 0.2) is 6.61 Å². The van der Waals surface area contributed by atoms with Crippen LogP contribution < -0.4 is 16.0 Å². The fourth-order valence-electron chi connectivity index (χ4n) is 2.45. The number of para-hydroxylation sites is 1. The van der Waals surface area contributed by atoms with Crippen molar-refractivity contribution >= 4 is 35.0 Å². The number of ether oxygens (including phenoxy) is 1. The average Bonchev–Trinajstić information content (AvgIpc) is 2.71. The van der Waals surface area contributed by atoms with Crippen molar-refractivity contribution in [3.63, 3.8) is 0 Å². The van der Waals surface area contributed by atoms with Crippen molar-refractivity contribution in [3.8, 4) is 0 Å². The summed E-state index contributed by atoms with van der Waals surface area (Å²) >= 11 is 0. The molecular weight excluding hydrogens is 392 g/mol. The zero-order chi connectivity index (χ0) is 22.1. The fraction of sp³-hybridized carbons (Fsp3) is 0.250. The summed E-state index contributed by atoms with van der Waals surface area (Å²) in [6.07, 6.45) is 0. The van der Waals surface area contributed by atoms with Crippen LogP contribution in [0.15, 0.2) is 54.6 Å². The summed E-state index contributed by atoms with van der Waals surface area (Å²) in [6, 6.07) is 12.5. The number of amides is 3. The van der Waals surface area contributed by atoms with E-state index in [2.05, 4.69) is 16.0 Å². The molecule has 30 heavy (non-hydrogen) atoms. The normalized spacial score (nSPS) is 11.3. The van der Waals surface area contributed by atoms with E-state index in [0.29, 0.717) is 5.69 Å². The number of hydrogen-bond acceptors (Lipinski definition) is 6. The quantitative estimate of drug-likeness (QED) is 0.345. The number of anilines is 2. The summed E-state index contributed by atoms with van der Waals surface area (Å²) < 4.78 is 5.00. The van der Waals surface area contributed by atoms with Gasteiger partial charge in [0.2, 0.25) is 0 Å². The van der Waals surface area contributed by atoms with Crippen LogP contribution in [0.5, 0.6) is 0 Å². The maximum absolute atomic E-state index is 12.3. The van der Waals surface area contributed by atoms with Crippen LogP contribution in [0.2, 0.25) is 0 Å². The van der Waals surface area contributed by atoms with Gasteiger partial charge >= 0.3 is 12.0 Å². The predicted molar refractivity (Wildman–Crippen MR) is 110 cm³/mol. The predicted octanol–water partition coefficient (Wildman–Crippen LogP) is 2.92. The summed E-state index contributed by atoms with van der Waals surface area (Å²) in [6.45, 7) is 2.84. The van der Waals surface area contributed by atoms with Crippen LogP contribution in [0.3, 0.4) is 0 Å². The Kier molecular flexibility index (Phi) is 7.86. The second-order valence-electron chi connectivity index (χ2n) is 6.65. The third-order valence-corrected chi connectivity index (χ3v) is 3.93. The van der Waals surface area contributed by atoms with Crippen molar-refractivity contribution < 1.29 is 24.0 Å². The molecule has 0 saturated heterocycles. The Morgan fingerprint density at radius 1 is 1.00 bits per heavy atom. The topological polar surface area (TPSA) is 140 Å². The van der Waals surface area contributed by atoms with Gasteiger partial charge < -0.3 is 20.7 Å². The van der Waals surface area contributed by atoms with E-state index in [4.69, 9.17) is 4.74 Å². The van der Waals surface area contributed by atoms with E-state index in [1.165, 1.54) is 24.3 Å². The Labute approximate surface area is 172 Å². The lowest BCUT2D eigenvalue weighted by atomic mass is 10.1. The molecule has 0 aliphatic heterocycles. The van der Waals surface area contributed by atoms with Gasteiger partial charge in [-0.15, -0.1) is 0 Å². The number of esters is 1. The minimum atomic E-state index is -0.973. The van der Waals surface area contributed by atoms with E-state index < -0.39 is 35.5 Å². The SMILES string of the molecule is CC(C)[C@H](NC(=O)Nc1ccccc1)C(=O)OCC(=O)Nc1cccc([N+](=O)[O-])c1. The minimum Gasteiger partial charge on any atom is -0.454 e. The second-order valence-corrected chi connectivity index (χ2v) is 6.65. The van der Waals surface area contributed by atoms with E-state index in [1.807, 2.05) is 0 Å². The van der Waals surface area contributed by atoms with Crippen molar-refractivity contribution in [3.05, 3.63) is 64.7 Å². The molecule has 0 unspecified atom stereocenters. The Morgan fingerprint density at radius 3 is 2.30 bits per heavy atom. The van der Waals surface area contributed by atoms with Crippen LogP contribution in [0.25, 0.3) is 0 Å². The average molecular weight is 414 g/mol. The Hall–Kier alpha value is -3.95. The van der Waals surface area contributed by atoms with Crippen molar-refractivity contribution in [2.45, 2.75) is 19.9 Å². The Balaban J connectivity index is 1.88. The van der Waals surface area contributed by atoms with Crippen molar-refractivity contribution in [2.75, 3.05) is 17.2 Å². The van der Waals surface area contributed by atoms with E-state index in [9.17, 15) is 24.5 Å². The largest absolute Gasteiger partial charge is 0.454 e. The monoisotopic (exact) mass is 414 g/mol. The number of rotatable bonds is 8. The molecular formula is C20H22N4O6. The number of urea groups is 1. The highest BCUT2D eigenvalue weighted by Gasteiger charge is 2.26. The van der Waals surface area contributed by atoms with E-state index in [-0.39, 0.29) is 17.3 Å². The number of carbonyl (C=O) groups excluding carboxylic acids is 3. The number of benzene rings is 2. The van der Waals surface area contributed by atoms with Crippen molar-refractivity contribution in [2.24, 2.45) is 5.92 Å². The van der Waals surface area contributed by atoms with Gasteiger partial charge in [-0.2, -0.15) is 0 Å². The first-order chi connectivity index (χ1) is 14.3. The standard InChI is InChI=1S/C20H22N4O6/c1-13(2)18(23-20(27)22-14-7-4-3-5-8-14)19(26)30-12-17(25)21-15-9-6-10-16(11-15)24(28)29/h3-11,13,18H,12H2,1-2H3,(H,21,25)(H2,22,23,27)/t18-/m0/s1. The molecule has 1 atom stereocenters. The van der Waals surface area contributed by atoms with E-state index in [0.717, 1.165) is 0 Å². The Morgan fingerprint density at radius 2 is 1.67 bits per heavy atom. The highest BCUT2D eigenvalue weighted by molar-refractivity contribution is 5.95. The van der Waals surface area contributed by atoms with Gasteiger partial charge in [0, 0.05) is 23.5 Å². The molecule has 3 amide bonds. The van der Waals surface area contributed by atoms with Gasteiger partial charge in [-0.3, -0.25) is 14.9 Å². The van der Waals surface area contributed by atoms with Crippen LogP contribution in [0.1, 0.15) is 13.8 Å². The molecule has 0 aliphatic rings. The second kappa shape index (κ2) is 10.6. The van der Waals surface area contributed by atoms with Crippen molar-refractivity contribution in [1.29, 1.82) is 0 Å². The summed E-state index contributed by atoms with van der Waals surface area (Å²) in [7, 11) is 0. The molecule has 3 N–H and O–H groups in total. The zero-order valence-electron chi connectivity index (χ0n) is 16.5. The molecule has 0 fully saturated rings. The molecule has 0 aromatic heterocycles. The molecule has 2 aromatic rings. The molecule has 0 radical (unpaired) electrons. The van der Waals surface area contributed by atoms with Crippen molar-refractivity contribution in [1.82, 2.24) is 5.32 Å². The smallest absolute Gasteiger partial charge is 0.329 e. The summed E-state index contributed by atoms with van der Waals surface area (Å²) in [4.78, 5) is 46.7. The molecule has 0 spiro atoms. The highest BCUT2D eigenvalue weighted by atomic mass is 16.6. The molecule has 158 valence electrons. The van der Waals surface area contributed by atoms with Gasteiger partial charge in [-0.05, 0) is 24.1 Å². The Bertz CT molecular complexity index is 917. The van der Waals surface area contributed by atoms with Gasteiger partial charge in [-0.1, -0.05) is 38.1 Å². The number of non-ortho nitro benzene ring substituents is 1. The first-order valence-corrected chi connectivity index (χ1v) is 9.09. The summed E-state index contributed by atoms with van der Waals surface area (Å²) in [5, 5.41) is 18.3. The molecule has 0 aliphatic carbocycles. The van der Waals surface area contributed by atoms with Crippen LogP contribution in [-0.2, 0) is 14.3 Å². The molecule has 10 nitrogen and oxygen atoms in total. The van der Waals surface area contributed by atoms with Gasteiger partial charge in [0.05, 0.1) is 4.92 Å².